The SMILES string of the molecule is O=C1CC(=O)c2ccccc2N1.O=[N+]([O-])c1ccccc1I. The van der Waals surface area contributed by atoms with E-state index in [4.69, 9.17) is 0 Å². The maximum Gasteiger partial charge on any atom is 0.282 e. The van der Waals surface area contributed by atoms with E-state index in [0.717, 1.165) is 0 Å². The molecule has 22 heavy (non-hydrogen) atoms. The average Bonchev–Trinajstić information content (AvgIpc) is 2.48. The molecule has 0 saturated carbocycles. The van der Waals surface area contributed by atoms with E-state index in [2.05, 4.69) is 5.32 Å². The number of Topliss-reactive ketones (excluding diaryl/α,β-unsaturated/α-hetero) is 1. The van der Waals surface area contributed by atoms with Crippen molar-refractivity contribution in [3.63, 3.8) is 0 Å². The van der Waals surface area contributed by atoms with Gasteiger partial charge < -0.3 is 5.32 Å². The molecule has 1 aliphatic heterocycles. The summed E-state index contributed by atoms with van der Waals surface area (Å²) in [5, 5.41) is 12.9. The molecule has 1 heterocycles. The van der Waals surface area contributed by atoms with Crippen molar-refractivity contribution in [3.05, 3.63) is 67.8 Å². The Balaban J connectivity index is 0.000000164. The lowest BCUT2D eigenvalue weighted by Crippen LogP contribution is -2.23. The maximum absolute atomic E-state index is 11.2. The molecular weight excluding hydrogens is 399 g/mol. The lowest BCUT2D eigenvalue weighted by Gasteiger charge is -2.14. The Bertz CT molecular complexity index is 746. The molecular formula is C15H11IN2O4. The lowest BCUT2D eigenvalue weighted by molar-refractivity contribution is -0.385. The topological polar surface area (TPSA) is 89.3 Å². The first kappa shape index (κ1) is 16.1. The van der Waals surface area contributed by atoms with Gasteiger partial charge in [-0.05, 0) is 40.8 Å². The second-order valence-electron chi connectivity index (χ2n) is 4.40. The number of para-hydroxylation sites is 2. The van der Waals surface area contributed by atoms with Crippen molar-refractivity contribution >= 4 is 45.7 Å². The molecule has 112 valence electrons. The first-order valence-electron chi connectivity index (χ1n) is 6.30. The summed E-state index contributed by atoms with van der Waals surface area (Å²) >= 11 is 1.93. The Kier molecular flexibility index (Phi) is 5.21. The minimum Gasteiger partial charge on any atom is -0.325 e. The molecule has 2 aromatic rings. The number of carbonyl (C=O) groups is 2. The Morgan fingerprint density at radius 1 is 1.05 bits per heavy atom. The number of ketones is 1. The van der Waals surface area contributed by atoms with Gasteiger partial charge in [-0.15, -0.1) is 0 Å². The van der Waals surface area contributed by atoms with Crippen molar-refractivity contribution in [2.45, 2.75) is 6.42 Å². The van der Waals surface area contributed by atoms with Gasteiger partial charge in [0, 0.05) is 11.6 Å². The third-order valence-corrected chi connectivity index (χ3v) is 3.78. The highest BCUT2D eigenvalue weighted by Crippen LogP contribution is 2.21. The normalized spacial score (nSPS) is 12.6. The summed E-state index contributed by atoms with van der Waals surface area (Å²) in [7, 11) is 0. The molecule has 0 unspecified atom stereocenters. The zero-order valence-corrected chi connectivity index (χ0v) is 13.4. The number of amides is 1. The molecule has 1 N–H and O–H groups in total. The monoisotopic (exact) mass is 410 g/mol. The van der Waals surface area contributed by atoms with E-state index in [1.807, 2.05) is 22.6 Å². The highest BCUT2D eigenvalue weighted by atomic mass is 127. The standard InChI is InChI=1S/C9H7NO2.C6H4INO2/c11-8-5-9(12)10-7-4-2-1-3-6(7)8;7-5-3-1-2-4-6(5)8(9)10/h1-4H,5H2,(H,10,12);1-4H. The summed E-state index contributed by atoms with van der Waals surface area (Å²) in [6.07, 6.45) is -0.0307. The van der Waals surface area contributed by atoms with Crippen molar-refractivity contribution in [1.82, 2.24) is 0 Å². The van der Waals surface area contributed by atoms with Crippen LogP contribution in [0.5, 0.6) is 0 Å². The molecule has 0 radical (unpaired) electrons. The van der Waals surface area contributed by atoms with Gasteiger partial charge in [-0.1, -0.05) is 24.3 Å². The molecule has 0 saturated heterocycles. The molecule has 3 rings (SSSR count). The number of nitrogens with one attached hydrogen (secondary N) is 1. The summed E-state index contributed by atoms with van der Waals surface area (Å²) in [6.45, 7) is 0. The van der Waals surface area contributed by atoms with Crippen LogP contribution in [0, 0.1) is 13.7 Å². The summed E-state index contributed by atoms with van der Waals surface area (Å²) in [5.41, 5.74) is 1.40. The predicted octanol–water partition coefficient (Wildman–Crippen LogP) is 3.41. The molecule has 0 fully saturated rings. The molecule has 1 aliphatic rings. The fourth-order valence-electron chi connectivity index (χ4n) is 1.87. The molecule has 7 heteroatoms. The maximum atomic E-state index is 11.2. The minimum absolute atomic E-state index is 0.0307. The van der Waals surface area contributed by atoms with Crippen LogP contribution in [0.15, 0.2) is 48.5 Å². The van der Waals surface area contributed by atoms with E-state index in [0.29, 0.717) is 14.8 Å². The number of fused-ring (bicyclic) bond motifs is 1. The molecule has 2 aromatic carbocycles. The van der Waals surface area contributed by atoms with Gasteiger partial charge in [-0.3, -0.25) is 19.7 Å². The Labute approximate surface area is 139 Å². The van der Waals surface area contributed by atoms with Crippen LogP contribution in [0.25, 0.3) is 0 Å². The number of rotatable bonds is 1. The number of nitro benzene ring substituents is 1. The van der Waals surface area contributed by atoms with Crippen LogP contribution in [-0.4, -0.2) is 16.6 Å². The molecule has 0 bridgehead atoms. The van der Waals surface area contributed by atoms with E-state index < -0.39 is 0 Å². The van der Waals surface area contributed by atoms with Gasteiger partial charge >= 0.3 is 0 Å². The van der Waals surface area contributed by atoms with Crippen LogP contribution < -0.4 is 5.32 Å². The molecule has 0 aliphatic carbocycles. The van der Waals surface area contributed by atoms with Gasteiger partial charge in [0.1, 0.15) is 0 Å². The van der Waals surface area contributed by atoms with Crippen LogP contribution in [0.1, 0.15) is 16.8 Å². The van der Waals surface area contributed by atoms with E-state index in [1.165, 1.54) is 6.07 Å². The quantitative estimate of drug-likeness (QED) is 0.338. The first-order valence-corrected chi connectivity index (χ1v) is 7.38. The van der Waals surface area contributed by atoms with Crippen molar-refractivity contribution in [3.8, 4) is 0 Å². The number of halogens is 1. The van der Waals surface area contributed by atoms with Crippen molar-refractivity contribution in [2.75, 3.05) is 5.32 Å². The second-order valence-corrected chi connectivity index (χ2v) is 5.56. The van der Waals surface area contributed by atoms with E-state index in [-0.39, 0.29) is 28.7 Å². The van der Waals surface area contributed by atoms with E-state index in [9.17, 15) is 19.7 Å². The molecule has 1 amide bonds. The third-order valence-electron chi connectivity index (χ3n) is 2.87. The summed E-state index contributed by atoms with van der Waals surface area (Å²) < 4.78 is 0.671. The highest BCUT2D eigenvalue weighted by molar-refractivity contribution is 14.1. The van der Waals surface area contributed by atoms with Crippen molar-refractivity contribution in [2.24, 2.45) is 0 Å². The number of benzene rings is 2. The van der Waals surface area contributed by atoms with Gasteiger partial charge in [0.15, 0.2) is 5.78 Å². The summed E-state index contributed by atoms with van der Waals surface area (Å²) in [5.74, 6) is -0.326. The summed E-state index contributed by atoms with van der Waals surface area (Å²) in [4.78, 5) is 32.0. The van der Waals surface area contributed by atoms with Crippen LogP contribution in [0.4, 0.5) is 11.4 Å². The summed E-state index contributed by atoms with van der Waals surface area (Å²) in [6, 6.07) is 13.6. The van der Waals surface area contributed by atoms with Crippen LogP contribution in [0.2, 0.25) is 0 Å². The number of hydrogen-bond acceptors (Lipinski definition) is 4. The van der Waals surface area contributed by atoms with Crippen LogP contribution in [-0.2, 0) is 4.79 Å². The smallest absolute Gasteiger partial charge is 0.282 e. The van der Waals surface area contributed by atoms with Gasteiger partial charge in [0.05, 0.1) is 20.6 Å². The fourth-order valence-corrected chi connectivity index (χ4v) is 2.45. The number of hydrogen-bond donors (Lipinski definition) is 1. The minimum atomic E-state index is -0.387. The lowest BCUT2D eigenvalue weighted by atomic mass is 10.0. The zero-order chi connectivity index (χ0) is 16.1. The number of carbonyl (C=O) groups excluding carboxylic acids is 2. The molecule has 6 nitrogen and oxygen atoms in total. The number of anilines is 1. The highest BCUT2D eigenvalue weighted by Gasteiger charge is 2.21. The largest absolute Gasteiger partial charge is 0.325 e. The van der Waals surface area contributed by atoms with Crippen molar-refractivity contribution < 1.29 is 14.5 Å². The first-order chi connectivity index (χ1) is 10.5. The molecule has 0 aromatic heterocycles. The van der Waals surface area contributed by atoms with E-state index >= 15 is 0 Å². The number of nitrogens with zero attached hydrogens (tertiary/aromatic N) is 1. The van der Waals surface area contributed by atoms with E-state index in [1.54, 1.807) is 42.5 Å². The Hall–Kier alpha value is -2.29. The van der Waals surface area contributed by atoms with Crippen molar-refractivity contribution in [1.29, 1.82) is 0 Å². The molecule has 0 atom stereocenters. The third kappa shape index (κ3) is 3.88. The Morgan fingerprint density at radius 2 is 1.68 bits per heavy atom. The van der Waals surface area contributed by atoms with Gasteiger partial charge in [-0.25, -0.2) is 0 Å². The average molecular weight is 410 g/mol. The van der Waals surface area contributed by atoms with Gasteiger partial charge in [0.2, 0.25) is 5.91 Å². The zero-order valence-electron chi connectivity index (χ0n) is 11.3. The van der Waals surface area contributed by atoms with Gasteiger partial charge in [0.25, 0.3) is 5.69 Å². The van der Waals surface area contributed by atoms with Crippen LogP contribution >= 0.6 is 22.6 Å². The second kappa shape index (κ2) is 7.12. The van der Waals surface area contributed by atoms with Gasteiger partial charge in [-0.2, -0.15) is 0 Å². The Morgan fingerprint density at radius 3 is 2.32 bits per heavy atom. The molecule has 0 spiro atoms. The fraction of sp³-hybridized carbons (Fsp3) is 0.0667. The van der Waals surface area contributed by atoms with Crippen LogP contribution in [0.3, 0.4) is 0 Å². The predicted molar refractivity (Wildman–Crippen MR) is 89.8 cm³/mol. The number of nitro groups is 1.